The van der Waals surface area contributed by atoms with Gasteiger partial charge in [0.2, 0.25) is 0 Å². The summed E-state index contributed by atoms with van der Waals surface area (Å²) in [5, 5.41) is 5.84. The molecule has 0 aliphatic carbocycles. The molecule has 3 heterocycles. The normalized spacial score (nSPS) is 12.5. The van der Waals surface area contributed by atoms with Crippen molar-refractivity contribution in [2.45, 2.75) is 13.0 Å². The van der Waals surface area contributed by atoms with Gasteiger partial charge < -0.3 is 5.73 Å². The molecule has 160 valence electrons. The number of hydrogen-bond acceptors (Lipinski definition) is 5. The largest absolute Gasteiger partial charge is 0.381 e. The molecule has 5 rings (SSSR count). The summed E-state index contributed by atoms with van der Waals surface area (Å²) in [6, 6.07) is 15.9. The van der Waals surface area contributed by atoms with Gasteiger partial charge in [-0.25, -0.2) is 9.67 Å². The van der Waals surface area contributed by atoms with Crippen LogP contribution in [0.25, 0.3) is 27.5 Å². The average Bonchev–Trinajstić information content (AvgIpc) is 3.08. The Balaban J connectivity index is 1.84. The van der Waals surface area contributed by atoms with Gasteiger partial charge in [0.1, 0.15) is 11.7 Å². The molecular formula is C23H19ClN6O2. The van der Waals surface area contributed by atoms with Crippen LogP contribution in [0.5, 0.6) is 0 Å². The zero-order valence-corrected chi connectivity index (χ0v) is 18.1. The maximum atomic E-state index is 13.6. The highest BCUT2D eigenvalue weighted by atomic mass is 35.5. The number of fused-ring (bicyclic) bond motifs is 2. The fourth-order valence-corrected chi connectivity index (χ4v) is 4.36. The summed E-state index contributed by atoms with van der Waals surface area (Å²) in [5.41, 5.74) is 7.07. The summed E-state index contributed by atoms with van der Waals surface area (Å²) in [5.74, 6) is 0.118. The fraction of sp³-hybridized carbons (Fsp3) is 0.130. The Labute approximate surface area is 187 Å². The molecule has 0 spiro atoms. The summed E-state index contributed by atoms with van der Waals surface area (Å²) in [7, 11) is 1.68. The van der Waals surface area contributed by atoms with Crippen molar-refractivity contribution in [1.29, 1.82) is 0 Å². The SMILES string of the molecule is C[C@@H](c1cc2cccc(Cl)c2c(=O)n1-c1ccccc1)n1cnc2c(c(N)nn2C)c1=O. The van der Waals surface area contributed by atoms with Crippen LogP contribution in [0.4, 0.5) is 5.82 Å². The topological polar surface area (TPSA) is 101 Å². The van der Waals surface area contributed by atoms with Crippen LogP contribution in [0.3, 0.4) is 0 Å². The lowest BCUT2D eigenvalue weighted by atomic mass is 10.1. The Bertz CT molecular complexity index is 1620. The molecule has 1 atom stereocenters. The second-order valence-corrected chi connectivity index (χ2v) is 8.00. The lowest BCUT2D eigenvalue weighted by Crippen LogP contribution is -2.30. The van der Waals surface area contributed by atoms with E-state index in [2.05, 4.69) is 10.1 Å². The highest BCUT2D eigenvalue weighted by Crippen LogP contribution is 2.27. The fourth-order valence-electron chi connectivity index (χ4n) is 4.10. The third-order valence-corrected chi connectivity index (χ3v) is 6.00. The van der Waals surface area contributed by atoms with Crippen molar-refractivity contribution in [3.63, 3.8) is 0 Å². The Morgan fingerprint density at radius 1 is 1.00 bits per heavy atom. The van der Waals surface area contributed by atoms with Gasteiger partial charge in [0.05, 0.1) is 16.5 Å². The van der Waals surface area contributed by atoms with Gasteiger partial charge in [-0.3, -0.25) is 18.7 Å². The number of nitrogen functional groups attached to an aromatic ring is 1. The average molecular weight is 447 g/mol. The zero-order valence-electron chi connectivity index (χ0n) is 17.4. The maximum Gasteiger partial charge on any atom is 0.267 e. The number of aromatic nitrogens is 5. The number of benzene rings is 2. The second kappa shape index (κ2) is 7.35. The number of aryl methyl sites for hydroxylation is 1. The van der Waals surface area contributed by atoms with E-state index in [1.165, 1.54) is 15.6 Å². The van der Waals surface area contributed by atoms with Crippen molar-refractivity contribution in [1.82, 2.24) is 23.9 Å². The van der Waals surface area contributed by atoms with E-state index in [0.717, 1.165) is 0 Å². The molecule has 9 heteroatoms. The Morgan fingerprint density at radius 2 is 1.75 bits per heavy atom. The van der Waals surface area contributed by atoms with Gasteiger partial charge in [0, 0.05) is 18.4 Å². The Kier molecular flexibility index (Phi) is 4.60. The summed E-state index contributed by atoms with van der Waals surface area (Å²) < 4.78 is 4.52. The molecule has 3 aromatic heterocycles. The molecule has 2 N–H and O–H groups in total. The number of para-hydroxylation sites is 1. The molecule has 0 saturated heterocycles. The van der Waals surface area contributed by atoms with E-state index in [1.54, 1.807) is 23.7 Å². The lowest BCUT2D eigenvalue weighted by molar-refractivity contribution is 0.576. The number of nitrogens with two attached hydrogens (primary N) is 1. The van der Waals surface area contributed by atoms with Gasteiger partial charge in [0.15, 0.2) is 11.5 Å². The molecule has 5 aromatic rings. The van der Waals surface area contributed by atoms with Gasteiger partial charge in [-0.2, -0.15) is 5.10 Å². The summed E-state index contributed by atoms with van der Waals surface area (Å²) in [4.78, 5) is 31.3. The van der Waals surface area contributed by atoms with E-state index in [1.807, 2.05) is 49.4 Å². The van der Waals surface area contributed by atoms with Gasteiger partial charge >= 0.3 is 0 Å². The van der Waals surface area contributed by atoms with Gasteiger partial charge in [0.25, 0.3) is 11.1 Å². The van der Waals surface area contributed by atoms with E-state index >= 15 is 0 Å². The van der Waals surface area contributed by atoms with E-state index in [0.29, 0.717) is 32.8 Å². The summed E-state index contributed by atoms with van der Waals surface area (Å²) in [6.07, 6.45) is 1.46. The number of rotatable bonds is 3. The molecule has 2 aromatic carbocycles. The molecule has 0 fully saturated rings. The monoisotopic (exact) mass is 446 g/mol. The first-order valence-electron chi connectivity index (χ1n) is 9.97. The van der Waals surface area contributed by atoms with Crippen LogP contribution in [0, 0.1) is 0 Å². The van der Waals surface area contributed by atoms with Gasteiger partial charge in [-0.1, -0.05) is 41.9 Å². The zero-order chi connectivity index (χ0) is 22.6. The third kappa shape index (κ3) is 2.91. The van der Waals surface area contributed by atoms with Crippen molar-refractivity contribution >= 4 is 39.2 Å². The molecule has 32 heavy (non-hydrogen) atoms. The van der Waals surface area contributed by atoms with Crippen LogP contribution in [0.15, 0.2) is 70.5 Å². The first-order chi connectivity index (χ1) is 15.4. The van der Waals surface area contributed by atoms with Crippen molar-refractivity contribution in [3.8, 4) is 5.69 Å². The predicted octanol–water partition coefficient (Wildman–Crippen LogP) is 3.28. The Hall–Kier alpha value is -3.91. The second-order valence-electron chi connectivity index (χ2n) is 7.59. The number of halogens is 1. The molecule has 8 nitrogen and oxygen atoms in total. The molecule has 0 bridgehead atoms. The van der Waals surface area contributed by atoms with Crippen molar-refractivity contribution in [2.75, 3.05) is 5.73 Å². The predicted molar refractivity (Wildman–Crippen MR) is 126 cm³/mol. The highest BCUT2D eigenvalue weighted by Gasteiger charge is 2.22. The number of anilines is 1. The van der Waals surface area contributed by atoms with Gasteiger partial charge in [-0.05, 0) is 36.6 Å². The van der Waals surface area contributed by atoms with E-state index in [-0.39, 0.29) is 22.3 Å². The van der Waals surface area contributed by atoms with Crippen LogP contribution >= 0.6 is 11.6 Å². The molecule has 0 unspecified atom stereocenters. The van der Waals surface area contributed by atoms with Gasteiger partial charge in [-0.15, -0.1) is 0 Å². The quantitative estimate of drug-likeness (QED) is 0.458. The molecule has 0 aliphatic heterocycles. The molecular weight excluding hydrogens is 428 g/mol. The lowest BCUT2D eigenvalue weighted by Gasteiger charge is -2.21. The molecule has 0 aliphatic rings. The van der Waals surface area contributed by atoms with E-state index in [4.69, 9.17) is 17.3 Å². The number of pyridine rings is 1. The van der Waals surface area contributed by atoms with Crippen LogP contribution in [0.2, 0.25) is 5.02 Å². The number of nitrogens with zero attached hydrogens (tertiary/aromatic N) is 5. The molecule has 0 amide bonds. The molecule has 0 saturated carbocycles. The Morgan fingerprint density at radius 3 is 2.50 bits per heavy atom. The van der Waals surface area contributed by atoms with Crippen LogP contribution in [-0.2, 0) is 7.05 Å². The minimum atomic E-state index is -0.532. The highest BCUT2D eigenvalue weighted by molar-refractivity contribution is 6.35. The number of hydrogen-bond donors (Lipinski definition) is 1. The van der Waals surface area contributed by atoms with E-state index in [9.17, 15) is 9.59 Å². The standard InChI is InChI=1S/C23H19ClN6O2/c1-13(29-12-26-21-19(22(29)31)20(25)27-28(21)2)17-11-14-7-6-10-16(24)18(14)23(32)30(17)15-8-4-3-5-9-15/h3-13H,1-2H3,(H2,25,27)/t13-/m0/s1. The van der Waals surface area contributed by atoms with Crippen LogP contribution < -0.4 is 16.9 Å². The minimum absolute atomic E-state index is 0.118. The first kappa shape index (κ1) is 20.0. The summed E-state index contributed by atoms with van der Waals surface area (Å²) >= 11 is 6.38. The van der Waals surface area contributed by atoms with Crippen molar-refractivity contribution in [3.05, 3.63) is 92.3 Å². The van der Waals surface area contributed by atoms with Crippen molar-refractivity contribution in [2.24, 2.45) is 7.05 Å². The first-order valence-corrected chi connectivity index (χ1v) is 10.3. The van der Waals surface area contributed by atoms with Crippen molar-refractivity contribution < 1.29 is 0 Å². The summed E-state index contributed by atoms with van der Waals surface area (Å²) in [6.45, 7) is 1.84. The van der Waals surface area contributed by atoms with Crippen LogP contribution in [-0.4, -0.2) is 23.9 Å². The smallest absolute Gasteiger partial charge is 0.267 e. The van der Waals surface area contributed by atoms with E-state index < -0.39 is 6.04 Å². The third-order valence-electron chi connectivity index (χ3n) is 5.68. The maximum absolute atomic E-state index is 13.6. The van der Waals surface area contributed by atoms with Crippen LogP contribution in [0.1, 0.15) is 18.7 Å². The molecule has 0 radical (unpaired) electrons. The minimum Gasteiger partial charge on any atom is -0.381 e.